The lowest BCUT2D eigenvalue weighted by molar-refractivity contribution is 0.737. The molecule has 2 heterocycles. The van der Waals surface area contributed by atoms with Gasteiger partial charge in [-0.2, -0.15) is 5.10 Å². The quantitative estimate of drug-likeness (QED) is 0.412. The van der Waals surface area contributed by atoms with Gasteiger partial charge in [-0.25, -0.2) is 0 Å². The van der Waals surface area contributed by atoms with Crippen molar-refractivity contribution in [3.8, 4) is 10.6 Å². The molecule has 3 aliphatic rings. The van der Waals surface area contributed by atoms with Crippen molar-refractivity contribution in [3.05, 3.63) is 106 Å². The van der Waals surface area contributed by atoms with Gasteiger partial charge in [-0.05, 0) is 44.8 Å². The molecule has 25 heavy (non-hydrogen) atoms. The molecule has 2 bridgehead atoms. The third-order valence-corrected chi connectivity index (χ3v) is 6.39. The summed E-state index contributed by atoms with van der Waals surface area (Å²) in [7, 11) is 0. The summed E-state index contributed by atoms with van der Waals surface area (Å²) in [6, 6.07) is 22.0. The summed E-state index contributed by atoms with van der Waals surface area (Å²) in [4.78, 5) is 1.20. The Balaban J connectivity index is 1.74. The topological polar surface area (TPSA) is 25.8 Å². The van der Waals surface area contributed by atoms with E-state index in [0.29, 0.717) is 0 Å². The number of hydrogen-bond acceptors (Lipinski definition) is 3. The van der Waals surface area contributed by atoms with Crippen LogP contribution < -0.4 is 0 Å². The molecule has 0 amide bonds. The number of rotatable bonds is 1. The maximum Gasteiger partial charge on any atom is 0.107 e. The van der Waals surface area contributed by atoms with E-state index in [2.05, 4.69) is 76.2 Å². The van der Waals surface area contributed by atoms with Crippen molar-refractivity contribution in [2.45, 2.75) is 11.8 Å². The van der Waals surface area contributed by atoms with Gasteiger partial charge in [0.25, 0.3) is 0 Å². The molecule has 0 atom stereocenters. The van der Waals surface area contributed by atoms with Gasteiger partial charge in [-0.1, -0.05) is 54.6 Å². The fourth-order valence-corrected chi connectivity index (χ4v) is 5.32. The highest BCUT2D eigenvalue weighted by molar-refractivity contribution is 7.13. The summed E-state index contributed by atoms with van der Waals surface area (Å²) < 4.78 is 0. The molecule has 0 saturated carbocycles. The highest BCUT2D eigenvalue weighted by Crippen LogP contribution is 2.57. The van der Waals surface area contributed by atoms with Crippen molar-refractivity contribution < 1.29 is 0 Å². The Hall–Kier alpha value is -2.78. The Morgan fingerprint density at radius 3 is 1.92 bits per heavy atom. The van der Waals surface area contributed by atoms with Crippen molar-refractivity contribution in [2.24, 2.45) is 0 Å². The van der Waals surface area contributed by atoms with Crippen LogP contribution in [0.25, 0.3) is 10.6 Å². The first-order chi connectivity index (χ1) is 12.4. The largest absolute Gasteiger partial charge is 0.158 e. The molecule has 3 aliphatic carbocycles. The van der Waals surface area contributed by atoms with Gasteiger partial charge in [0.05, 0.1) is 11.1 Å². The molecule has 0 spiro atoms. The zero-order valence-electron chi connectivity index (χ0n) is 13.4. The summed E-state index contributed by atoms with van der Waals surface area (Å²) >= 11 is 1.74. The normalized spacial score (nSPS) is 19.2. The van der Waals surface area contributed by atoms with E-state index in [9.17, 15) is 0 Å². The first kappa shape index (κ1) is 13.5. The molecule has 0 N–H and O–H groups in total. The Labute approximate surface area is 149 Å². The van der Waals surface area contributed by atoms with Crippen LogP contribution in [0.3, 0.4) is 0 Å². The number of hydrogen-bond donors (Lipinski definition) is 0. The Kier molecular flexibility index (Phi) is 2.63. The monoisotopic (exact) mass is 338 g/mol. The predicted molar refractivity (Wildman–Crippen MR) is 100 cm³/mol. The third kappa shape index (κ3) is 1.68. The number of thiophene rings is 1. The van der Waals surface area contributed by atoms with Crippen molar-refractivity contribution >= 4 is 11.3 Å². The summed E-state index contributed by atoms with van der Waals surface area (Å²) in [5.41, 5.74) is 9.40. The van der Waals surface area contributed by atoms with Gasteiger partial charge in [0, 0.05) is 11.8 Å². The lowest BCUT2D eigenvalue weighted by Gasteiger charge is -2.42. The fourth-order valence-electron chi connectivity index (χ4n) is 4.59. The molecule has 4 aromatic rings. The van der Waals surface area contributed by atoms with E-state index >= 15 is 0 Å². The second-order valence-corrected chi connectivity index (χ2v) is 7.61. The molecular formula is C22H14N2S. The Morgan fingerprint density at radius 1 is 0.680 bits per heavy atom. The summed E-state index contributed by atoms with van der Waals surface area (Å²) in [6.45, 7) is 0. The molecule has 2 aromatic carbocycles. The van der Waals surface area contributed by atoms with Crippen molar-refractivity contribution in [2.75, 3.05) is 0 Å². The second kappa shape index (κ2) is 4.87. The fraction of sp³-hybridized carbons (Fsp3) is 0.0909. The summed E-state index contributed by atoms with van der Waals surface area (Å²) in [5, 5.41) is 11.0. The van der Waals surface area contributed by atoms with E-state index in [0.717, 1.165) is 5.69 Å². The van der Waals surface area contributed by atoms with Crippen LogP contribution in [-0.4, -0.2) is 10.2 Å². The van der Waals surface area contributed by atoms with Gasteiger partial charge in [-0.15, -0.1) is 16.4 Å². The molecule has 0 aliphatic heterocycles. The average Bonchev–Trinajstić information content (AvgIpc) is 3.22. The minimum absolute atomic E-state index is 0.250. The first-order valence-electron chi connectivity index (χ1n) is 8.50. The van der Waals surface area contributed by atoms with Gasteiger partial charge < -0.3 is 0 Å². The predicted octanol–water partition coefficient (Wildman–Crippen LogP) is 5.19. The highest BCUT2D eigenvalue weighted by atomic mass is 32.1. The van der Waals surface area contributed by atoms with Gasteiger partial charge in [-0.3, -0.25) is 0 Å². The van der Waals surface area contributed by atoms with E-state index < -0.39 is 0 Å². The molecule has 0 radical (unpaired) electrons. The lowest BCUT2D eigenvalue weighted by atomic mass is 9.61. The van der Waals surface area contributed by atoms with Crippen molar-refractivity contribution in [1.29, 1.82) is 0 Å². The molecule has 2 nitrogen and oxygen atoms in total. The molecule has 118 valence electrons. The van der Waals surface area contributed by atoms with Crippen LogP contribution in [0, 0.1) is 0 Å². The van der Waals surface area contributed by atoms with Crippen LogP contribution in [0.5, 0.6) is 0 Å². The van der Waals surface area contributed by atoms with E-state index in [1.165, 1.54) is 38.3 Å². The number of aromatic nitrogens is 2. The second-order valence-electron chi connectivity index (χ2n) is 6.66. The van der Waals surface area contributed by atoms with Crippen LogP contribution in [-0.2, 0) is 0 Å². The van der Waals surface area contributed by atoms with Crippen molar-refractivity contribution in [3.63, 3.8) is 0 Å². The molecule has 0 unspecified atom stereocenters. The number of nitrogens with zero attached hydrogens (tertiary/aromatic N) is 2. The van der Waals surface area contributed by atoms with Crippen LogP contribution in [0.1, 0.15) is 45.2 Å². The Morgan fingerprint density at radius 2 is 1.32 bits per heavy atom. The molecule has 7 rings (SSSR count). The molecule has 3 heteroatoms. The van der Waals surface area contributed by atoms with Crippen molar-refractivity contribution in [1.82, 2.24) is 10.2 Å². The van der Waals surface area contributed by atoms with Crippen LogP contribution in [0.4, 0.5) is 0 Å². The third-order valence-electron chi connectivity index (χ3n) is 5.51. The smallest absolute Gasteiger partial charge is 0.107 e. The summed E-state index contributed by atoms with van der Waals surface area (Å²) in [5.74, 6) is 0.515. The number of benzene rings is 2. The molecule has 0 fully saturated rings. The van der Waals surface area contributed by atoms with Gasteiger partial charge in [0.2, 0.25) is 0 Å². The standard InChI is InChI=1S/C22H14N2S/c1-3-8-15-13(6-1)19-14-7-2-4-9-16(14)20(15)21-17(19)12-23-24-22(21)18-10-5-11-25-18/h1-12,19-20H. The van der Waals surface area contributed by atoms with E-state index in [1.54, 1.807) is 11.3 Å². The molecular weight excluding hydrogens is 324 g/mol. The van der Waals surface area contributed by atoms with Gasteiger partial charge in [0.15, 0.2) is 0 Å². The Bertz CT molecular complexity index is 1070. The van der Waals surface area contributed by atoms with Crippen LogP contribution in [0.15, 0.2) is 72.2 Å². The lowest BCUT2D eigenvalue weighted by Crippen LogP contribution is -2.28. The van der Waals surface area contributed by atoms with E-state index in [1.807, 2.05) is 6.20 Å². The average molecular weight is 338 g/mol. The first-order valence-corrected chi connectivity index (χ1v) is 9.38. The SMILES string of the molecule is c1csc(-c2nncc3c2C2c4ccccc4C3c3ccccc32)c1. The zero-order chi connectivity index (χ0) is 16.4. The maximum atomic E-state index is 4.56. The van der Waals surface area contributed by atoms with Gasteiger partial charge >= 0.3 is 0 Å². The minimum atomic E-state index is 0.250. The van der Waals surface area contributed by atoms with E-state index in [4.69, 9.17) is 0 Å². The summed E-state index contributed by atoms with van der Waals surface area (Å²) in [6.07, 6.45) is 1.98. The molecule has 2 aromatic heterocycles. The maximum absolute atomic E-state index is 4.56. The van der Waals surface area contributed by atoms with E-state index in [-0.39, 0.29) is 11.8 Å². The zero-order valence-corrected chi connectivity index (χ0v) is 14.2. The van der Waals surface area contributed by atoms with Crippen LogP contribution >= 0.6 is 11.3 Å². The highest BCUT2D eigenvalue weighted by Gasteiger charge is 2.43. The minimum Gasteiger partial charge on any atom is -0.158 e. The van der Waals surface area contributed by atoms with Gasteiger partial charge in [0.1, 0.15) is 5.69 Å². The molecule has 0 saturated heterocycles. The van der Waals surface area contributed by atoms with Crippen LogP contribution in [0.2, 0.25) is 0 Å².